The lowest BCUT2D eigenvalue weighted by molar-refractivity contribution is 0.281. The second kappa shape index (κ2) is 3.89. The summed E-state index contributed by atoms with van der Waals surface area (Å²) >= 11 is 0. The van der Waals surface area contributed by atoms with Crippen molar-refractivity contribution in [3.05, 3.63) is 34.9 Å². The normalized spacial score (nSPS) is 9.42. The largest absolute Gasteiger partial charge is 0.392 e. The summed E-state index contributed by atoms with van der Waals surface area (Å²) in [7, 11) is 0. The molecule has 0 amide bonds. The Kier molecular flexibility index (Phi) is 2.84. The Bertz CT molecular complexity index is 312. The monoisotopic (exact) mass is 161 g/mol. The van der Waals surface area contributed by atoms with E-state index in [4.69, 9.17) is 10.4 Å². The van der Waals surface area contributed by atoms with E-state index >= 15 is 0 Å². The van der Waals surface area contributed by atoms with Gasteiger partial charge in [-0.2, -0.15) is 5.26 Å². The Balaban J connectivity index is 2.99. The number of benzene rings is 1. The predicted octanol–water partition coefficient (Wildman–Crippen LogP) is 1.55. The molecule has 0 unspecified atom stereocenters. The fourth-order valence-corrected chi connectivity index (χ4v) is 1.23. The molecule has 0 heterocycles. The van der Waals surface area contributed by atoms with Gasteiger partial charge in [0.25, 0.3) is 0 Å². The van der Waals surface area contributed by atoms with Crippen molar-refractivity contribution in [3.8, 4) is 6.07 Å². The average Bonchev–Trinajstić information content (AvgIpc) is 2.04. The van der Waals surface area contributed by atoms with E-state index in [1.165, 1.54) is 0 Å². The SMILES string of the molecule is Cc1cc(CO)cc(CC#N)c1. The first-order valence-electron chi connectivity index (χ1n) is 3.83. The zero-order valence-corrected chi connectivity index (χ0v) is 7.04. The van der Waals surface area contributed by atoms with E-state index in [0.717, 1.165) is 16.7 Å². The average molecular weight is 161 g/mol. The number of aryl methyl sites for hydroxylation is 1. The van der Waals surface area contributed by atoms with Crippen LogP contribution in [0.5, 0.6) is 0 Å². The Morgan fingerprint density at radius 1 is 1.33 bits per heavy atom. The molecule has 0 spiro atoms. The summed E-state index contributed by atoms with van der Waals surface area (Å²) in [5, 5.41) is 17.3. The number of aliphatic hydroxyl groups is 1. The Hall–Kier alpha value is -1.33. The number of rotatable bonds is 2. The third kappa shape index (κ3) is 2.08. The number of aliphatic hydroxyl groups excluding tert-OH is 1. The van der Waals surface area contributed by atoms with Crippen molar-refractivity contribution >= 4 is 0 Å². The van der Waals surface area contributed by atoms with Crippen molar-refractivity contribution in [2.24, 2.45) is 0 Å². The first-order valence-corrected chi connectivity index (χ1v) is 3.83. The maximum atomic E-state index is 8.87. The van der Waals surface area contributed by atoms with Crippen LogP contribution in [0.25, 0.3) is 0 Å². The summed E-state index contributed by atoms with van der Waals surface area (Å²) < 4.78 is 0. The fraction of sp³-hybridized carbons (Fsp3) is 0.300. The number of hydrogen-bond acceptors (Lipinski definition) is 2. The summed E-state index contributed by atoms with van der Waals surface area (Å²) in [6.07, 6.45) is 0.411. The molecule has 0 bridgehead atoms. The van der Waals surface area contributed by atoms with E-state index in [-0.39, 0.29) is 6.61 Å². The Morgan fingerprint density at radius 3 is 2.58 bits per heavy atom. The summed E-state index contributed by atoms with van der Waals surface area (Å²) in [6, 6.07) is 7.82. The summed E-state index contributed by atoms with van der Waals surface area (Å²) in [6.45, 7) is 2.00. The fourth-order valence-electron chi connectivity index (χ4n) is 1.23. The number of hydrogen-bond donors (Lipinski definition) is 1. The smallest absolute Gasteiger partial charge is 0.0682 e. The second-order valence-electron chi connectivity index (χ2n) is 2.82. The minimum absolute atomic E-state index is 0.0418. The van der Waals surface area contributed by atoms with Crippen molar-refractivity contribution in [1.82, 2.24) is 0 Å². The van der Waals surface area contributed by atoms with Gasteiger partial charge in [-0.05, 0) is 18.1 Å². The second-order valence-corrected chi connectivity index (χ2v) is 2.82. The third-order valence-electron chi connectivity index (χ3n) is 1.66. The van der Waals surface area contributed by atoms with Crippen molar-refractivity contribution in [1.29, 1.82) is 5.26 Å². The molecule has 2 nitrogen and oxygen atoms in total. The lowest BCUT2D eigenvalue weighted by Crippen LogP contribution is -1.89. The zero-order valence-electron chi connectivity index (χ0n) is 7.04. The molecule has 1 N–H and O–H groups in total. The van der Waals surface area contributed by atoms with E-state index in [9.17, 15) is 0 Å². The Morgan fingerprint density at radius 2 is 2.00 bits per heavy atom. The molecule has 1 aromatic rings. The lowest BCUT2D eigenvalue weighted by atomic mass is 10.1. The first kappa shape index (κ1) is 8.76. The van der Waals surface area contributed by atoms with E-state index in [1.807, 2.05) is 25.1 Å². The topological polar surface area (TPSA) is 44.0 Å². The minimum atomic E-state index is 0.0418. The minimum Gasteiger partial charge on any atom is -0.392 e. The molecule has 0 aromatic heterocycles. The number of nitrogens with zero attached hydrogens (tertiary/aromatic N) is 1. The molecule has 1 rings (SSSR count). The maximum absolute atomic E-state index is 8.87. The highest BCUT2D eigenvalue weighted by atomic mass is 16.3. The molecule has 1 aromatic carbocycles. The molecule has 0 atom stereocenters. The van der Waals surface area contributed by atoms with Gasteiger partial charge in [0.1, 0.15) is 0 Å². The lowest BCUT2D eigenvalue weighted by Gasteiger charge is -2.01. The van der Waals surface area contributed by atoms with Crippen molar-refractivity contribution < 1.29 is 5.11 Å². The van der Waals surface area contributed by atoms with Gasteiger partial charge in [0.15, 0.2) is 0 Å². The first-order chi connectivity index (χ1) is 5.76. The van der Waals surface area contributed by atoms with Crippen LogP contribution in [0.3, 0.4) is 0 Å². The molecule has 0 radical (unpaired) electrons. The van der Waals surface area contributed by atoms with Crippen LogP contribution in [-0.4, -0.2) is 5.11 Å². The van der Waals surface area contributed by atoms with Crippen LogP contribution < -0.4 is 0 Å². The van der Waals surface area contributed by atoms with Gasteiger partial charge < -0.3 is 5.11 Å². The van der Waals surface area contributed by atoms with E-state index < -0.39 is 0 Å². The van der Waals surface area contributed by atoms with Crippen LogP contribution in [0.2, 0.25) is 0 Å². The molecule has 0 aliphatic carbocycles. The van der Waals surface area contributed by atoms with Gasteiger partial charge in [0.2, 0.25) is 0 Å². The van der Waals surface area contributed by atoms with Gasteiger partial charge in [-0.3, -0.25) is 0 Å². The van der Waals surface area contributed by atoms with Crippen molar-refractivity contribution in [3.63, 3.8) is 0 Å². The van der Waals surface area contributed by atoms with Gasteiger partial charge in [0.05, 0.1) is 19.1 Å². The van der Waals surface area contributed by atoms with Gasteiger partial charge in [-0.1, -0.05) is 23.8 Å². The summed E-state index contributed by atoms with van der Waals surface area (Å²) in [5.41, 5.74) is 2.94. The van der Waals surface area contributed by atoms with Crippen LogP contribution in [0, 0.1) is 18.3 Å². The maximum Gasteiger partial charge on any atom is 0.0682 e. The van der Waals surface area contributed by atoms with Gasteiger partial charge in [0, 0.05) is 0 Å². The molecular formula is C10H11NO. The highest BCUT2D eigenvalue weighted by molar-refractivity contribution is 5.30. The molecule has 0 fully saturated rings. The van der Waals surface area contributed by atoms with Crippen LogP contribution in [0.15, 0.2) is 18.2 Å². The highest BCUT2D eigenvalue weighted by Gasteiger charge is 1.96. The van der Waals surface area contributed by atoms with E-state index in [1.54, 1.807) is 0 Å². The van der Waals surface area contributed by atoms with Gasteiger partial charge in [-0.15, -0.1) is 0 Å². The summed E-state index contributed by atoms with van der Waals surface area (Å²) in [4.78, 5) is 0. The van der Waals surface area contributed by atoms with Crippen LogP contribution in [-0.2, 0) is 13.0 Å². The van der Waals surface area contributed by atoms with Crippen LogP contribution in [0.1, 0.15) is 16.7 Å². The van der Waals surface area contributed by atoms with Crippen LogP contribution in [0.4, 0.5) is 0 Å². The molecular weight excluding hydrogens is 150 g/mol. The quantitative estimate of drug-likeness (QED) is 0.715. The summed E-state index contributed by atoms with van der Waals surface area (Å²) in [5.74, 6) is 0. The third-order valence-corrected chi connectivity index (χ3v) is 1.66. The van der Waals surface area contributed by atoms with Crippen LogP contribution >= 0.6 is 0 Å². The predicted molar refractivity (Wildman–Crippen MR) is 46.4 cm³/mol. The van der Waals surface area contributed by atoms with E-state index in [2.05, 4.69) is 6.07 Å². The molecule has 0 saturated carbocycles. The molecule has 0 saturated heterocycles. The molecule has 62 valence electrons. The molecule has 0 aliphatic heterocycles. The van der Waals surface area contributed by atoms with Crippen molar-refractivity contribution in [2.75, 3.05) is 0 Å². The molecule has 2 heteroatoms. The highest BCUT2D eigenvalue weighted by Crippen LogP contribution is 2.09. The van der Waals surface area contributed by atoms with Gasteiger partial charge in [-0.25, -0.2) is 0 Å². The van der Waals surface area contributed by atoms with Crippen molar-refractivity contribution in [2.45, 2.75) is 20.0 Å². The molecule has 0 aliphatic rings. The standard InChI is InChI=1S/C10H11NO/c1-8-4-9(2-3-11)6-10(5-8)7-12/h4-6,12H,2,7H2,1H3. The van der Waals surface area contributed by atoms with E-state index in [0.29, 0.717) is 6.42 Å². The zero-order chi connectivity index (χ0) is 8.97. The van der Waals surface area contributed by atoms with Gasteiger partial charge >= 0.3 is 0 Å². The molecule has 12 heavy (non-hydrogen) atoms. The Labute approximate surface area is 72.1 Å². The number of nitriles is 1.